The zero-order chi connectivity index (χ0) is 17.1. The zero-order valence-corrected chi connectivity index (χ0v) is 12.9. The number of carbonyl (C=O) groups excluding carboxylic acids is 3. The second kappa shape index (κ2) is 6.41. The predicted molar refractivity (Wildman–Crippen MR) is 88.4 cm³/mol. The van der Waals surface area contributed by atoms with Crippen molar-refractivity contribution < 1.29 is 19.1 Å². The molecule has 7 heteroatoms. The van der Waals surface area contributed by atoms with Gasteiger partial charge in [0.05, 0.1) is 30.5 Å². The van der Waals surface area contributed by atoms with E-state index in [1.165, 1.54) is 12.1 Å². The van der Waals surface area contributed by atoms with Gasteiger partial charge in [0.2, 0.25) is 5.91 Å². The van der Waals surface area contributed by atoms with E-state index in [1.54, 1.807) is 25.3 Å². The van der Waals surface area contributed by atoms with E-state index in [1.807, 2.05) is 12.1 Å². The van der Waals surface area contributed by atoms with Crippen LogP contribution in [0.1, 0.15) is 20.7 Å². The molecule has 7 nitrogen and oxygen atoms in total. The van der Waals surface area contributed by atoms with Crippen LogP contribution >= 0.6 is 0 Å². The van der Waals surface area contributed by atoms with Gasteiger partial charge in [-0.1, -0.05) is 12.1 Å². The minimum Gasteiger partial charge on any atom is -0.495 e. The molecule has 0 saturated heterocycles. The van der Waals surface area contributed by atoms with Crippen LogP contribution < -0.4 is 20.7 Å². The van der Waals surface area contributed by atoms with Crippen molar-refractivity contribution >= 4 is 29.1 Å². The van der Waals surface area contributed by atoms with Gasteiger partial charge in [0.25, 0.3) is 11.8 Å². The number of methoxy groups -OCH3 is 1. The molecule has 122 valence electrons. The highest BCUT2D eigenvalue weighted by Gasteiger charge is 2.26. The van der Waals surface area contributed by atoms with Crippen molar-refractivity contribution in [2.24, 2.45) is 0 Å². The van der Waals surface area contributed by atoms with Crippen molar-refractivity contribution in [3.8, 4) is 5.75 Å². The van der Waals surface area contributed by atoms with E-state index >= 15 is 0 Å². The zero-order valence-electron chi connectivity index (χ0n) is 12.9. The summed E-state index contributed by atoms with van der Waals surface area (Å²) in [6.45, 7) is 0.0303. The molecule has 0 radical (unpaired) electrons. The average Bonchev–Trinajstić information content (AvgIpc) is 2.87. The first kappa shape index (κ1) is 15.5. The number of fused-ring (bicyclic) bond motifs is 1. The largest absolute Gasteiger partial charge is 0.495 e. The lowest BCUT2D eigenvalue weighted by molar-refractivity contribution is -0.114. The second-order valence-corrected chi connectivity index (χ2v) is 5.15. The number of hydrogen-bond acceptors (Lipinski definition) is 5. The van der Waals surface area contributed by atoms with Crippen LogP contribution in [0.4, 0.5) is 11.4 Å². The summed E-state index contributed by atoms with van der Waals surface area (Å²) in [5.74, 6) is -0.535. The minimum absolute atomic E-state index is 0.0303. The molecule has 0 spiro atoms. The topological polar surface area (TPSA) is 96.5 Å². The highest BCUT2D eigenvalue weighted by molar-refractivity contribution is 6.22. The fourth-order valence-corrected chi connectivity index (χ4v) is 2.42. The highest BCUT2D eigenvalue weighted by atomic mass is 16.5. The molecule has 1 aliphatic heterocycles. The maximum atomic E-state index is 12.0. The van der Waals surface area contributed by atoms with E-state index in [0.29, 0.717) is 22.7 Å². The van der Waals surface area contributed by atoms with Crippen LogP contribution in [0.25, 0.3) is 0 Å². The molecule has 0 fully saturated rings. The van der Waals surface area contributed by atoms with E-state index < -0.39 is 11.8 Å². The van der Waals surface area contributed by atoms with E-state index in [9.17, 15) is 14.4 Å². The normalized spacial score (nSPS) is 12.4. The van der Waals surface area contributed by atoms with Crippen LogP contribution in [0.5, 0.6) is 5.75 Å². The standard InChI is InChI=1S/C17H15N3O4/c1-24-14-5-3-2-4-13(14)18-9-15(21)19-10-6-7-11-12(8-10)17(23)20-16(11)22/h2-8,18H,9H2,1H3,(H,19,21)(H,20,22,23). The van der Waals surface area contributed by atoms with Gasteiger partial charge < -0.3 is 15.4 Å². The number of benzene rings is 2. The third kappa shape index (κ3) is 3.05. The number of imide groups is 1. The molecule has 3 rings (SSSR count). The van der Waals surface area contributed by atoms with Crippen LogP contribution in [0.2, 0.25) is 0 Å². The summed E-state index contributed by atoms with van der Waals surface area (Å²) in [6.07, 6.45) is 0. The van der Waals surface area contributed by atoms with Crippen LogP contribution in [0.3, 0.4) is 0 Å². The van der Waals surface area contributed by atoms with Crippen molar-refractivity contribution in [3.63, 3.8) is 0 Å². The molecular weight excluding hydrogens is 310 g/mol. The van der Waals surface area contributed by atoms with Crippen LogP contribution in [0.15, 0.2) is 42.5 Å². The van der Waals surface area contributed by atoms with Gasteiger partial charge in [0, 0.05) is 5.69 Å². The van der Waals surface area contributed by atoms with Crippen LogP contribution in [-0.2, 0) is 4.79 Å². The maximum absolute atomic E-state index is 12.0. The maximum Gasteiger partial charge on any atom is 0.259 e. The number of ether oxygens (including phenoxy) is 1. The van der Waals surface area contributed by atoms with Gasteiger partial charge in [-0.05, 0) is 30.3 Å². The number of amides is 3. The first-order chi connectivity index (χ1) is 11.6. The molecule has 0 unspecified atom stereocenters. The Kier molecular flexibility index (Phi) is 4.15. The molecule has 1 heterocycles. The number of nitrogens with one attached hydrogen (secondary N) is 3. The first-order valence-corrected chi connectivity index (χ1v) is 7.25. The molecule has 0 saturated carbocycles. The van der Waals surface area contributed by atoms with E-state index in [0.717, 1.165) is 0 Å². The summed E-state index contributed by atoms with van der Waals surface area (Å²) >= 11 is 0. The number of para-hydroxylation sites is 2. The van der Waals surface area contributed by atoms with Gasteiger partial charge >= 0.3 is 0 Å². The number of hydrogen-bond donors (Lipinski definition) is 3. The first-order valence-electron chi connectivity index (χ1n) is 7.25. The molecule has 0 aliphatic carbocycles. The Labute approximate surface area is 138 Å². The number of rotatable bonds is 5. The Morgan fingerprint density at radius 3 is 2.62 bits per heavy atom. The Balaban J connectivity index is 1.65. The van der Waals surface area contributed by atoms with Crippen molar-refractivity contribution in [1.29, 1.82) is 0 Å². The second-order valence-electron chi connectivity index (χ2n) is 5.15. The van der Waals surface area contributed by atoms with Gasteiger partial charge in [-0.2, -0.15) is 0 Å². The Morgan fingerprint density at radius 2 is 1.83 bits per heavy atom. The van der Waals surface area contributed by atoms with Gasteiger partial charge in [-0.3, -0.25) is 19.7 Å². The molecule has 2 aromatic rings. The van der Waals surface area contributed by atoms with Crippen molar-refractivity contribution in [3.05, 3.63) is 53.6 Å². The Morgan fingerprint density at radius 1 is 1.08 bits per heavy atom. The molecule has 24 heavy (non-hydrogen) atoms. The number of carbonyl (C=O) groups is 3. The predicted octanol–water partition coefficient (Wildman–Crippen LogP) is 1.63. The summed E-state index contributed by atoms with van der Waals surface area (Å²) < 4.78 is 5.20. The molecule has 0 aromatic heterocycles. The van der Waals surface area contributed by atoms with Gasteiger partial charge in [-0.25, -0.2) is 0 Å². The number of anilines is 2. The highest BCUT2D eigenvalue weighted by Crippen LogP contribution is 2.23. The van der Waals surface area contributed by atoms with Crippen molar-refractivity contribution in [2.45, 2.75) is 0 Å². The summed E-state index contributed by atoms with van der Waals surface area (Å²) in [5, 5.41) is 7.87. The molecule has 3 N–H and O–H groups in total. The minimum atomic E-state index is -0.460. The fraction of sp³-hybridized carbons (Fsp3) is 0.118. The molecule has 0 atom stereocenters. The van der Waals surface area contributed by atoms with E-state index in [-0.39, 0.29) is 18.0 Å². The fourth-order valence-electron chi connectivity index (χ4n) is 2.42. The lowest BCUT2D eigenvalue weighted by Crippen LogP contribution is -2.22. The molecule has 0 bridgehead atoms. The SMILES string of the molecule is COc1ccccc1NCC(=O)Nc1ccc2c(c1)C(=O)NC2=O. The van der Waals surface area contributed by atoms with Crippen LogP contribution in [-0.4, -0.2) is 31.4 Å². The molecule has 1 aliphatic rings. The summed E-state index contributed by atoms with van der Waals surface area (Å²) in [5.41, 5.74) is 1.72. The molecular formula is C17H15N3O4. The average molecular weight is 325 g/mol. The smallest absolute Gasteiger partial charge is 0.259 e. The Hall–Kier alpha value is -3.35. The monoisotopic (exact) mass is 325 g/mol. The van der Waals surface area contributed by atoms with Crippen molar-refractivity contribution in [2.75, 3.05) is 24.3 Å². The molecule has 3 amide bonds. The van der Waals surface area contributed by atoms with Gasteiger partial charge in [0.1, 0.15) is 5.75 Å². The lowest BCUT2D eigenvalue weighted by Gasteiger charge is -2.11. The summed E-state index contributed by atoms with van der Waals surface area (Å²) in [4.78, 5) is 35.2. The van der Waals surface area contributed by atoms with Gasteiger partial charge in [-0.15, -0.1) is 0 Å². The molecule has 2 aromatic carbocycles. The quantitative estimate of drug-likeness (QED) is 0.726. The summed E-state index contributed by atoms with van der Waals surface area (Å²) in [6, 6.07) is 11.8. The lowest BCUT2D eigenvalue weighted by atomic mass is 10.1. The van der Waals surface area contributed by atoms with Crippen LogP contribution in [0, 0.1) is 0 Å². The van der Waals surface area contributed by atoms with E-state index in [2.05, 4.69) is 16.0 Å². The summed E-state index contributed by atoms with van der Waals surface area (Å²) in [7, 11) is 1.55. The van der Waals surface area contributed by atoms with Crippen molar-refractivity contribution in [1.82, 2.24) is 5.32 Å². The third-order valence-electron chi connectivity index (χ3n) is 3.57. The third-order valence-corrected chi connectivity index (χ3v) is 3.57. The van der Waals surface area contributed by atoms with Gasteiger partial charge in [0.15, 0.2) is 0 Å². The Bertz CT molecular complexity index is 832. The van der Waals surface area contributed by atoms with E-state index in [4.69, 9.17) is 4.74 Å².